The molecule has 8 rings (SSSR count). The van der Waals surface area contributed by atoms with Crippen LogP contribution in [0.25, 0.3) is 55.6 Å². The minimum Gasteiger partial charge on any atom is -0.310 e. The van der Waals surface area contributed by atoms with Gasteiger partial charge in [0.2, 0.25) is 0 Å². The second-order valence-corrected chi connectivity index (χ2v) is 10.1. The Bertz CT molecular complexity index is 1940. The molecule has 0 aromatic heterocycles. The summed E-state index contributed by atoms with van der Waals surface area (Å²) in [6.07, 6.45) is 0. The first-order valence-electron chi connectivity index (χ1n) is 13.2. The van der Waals surface area contributed by atoms with Gasteiger partial charge < -0.3 is 4.90 Å². The number of rotatable bonds is 3. The number of fused-ring (bicyclic) bond motifs is 4. The summed E-state index contributed by atoms with van der Waals surface area (Å²) < 4.78 is 0. The van der Waals surface area contributed by atoms with E-state index in [0.29, 0.717) is 5.56 Å². The lowest BCUT2D eigenvalue weighted by atomic mass is 9.83. The lowest BCUT2D eigenvalue weighted by Gasteiger charge is -2.27. The fourth-order valence-electron chi connectivity index (χ4n) is 6.34. The molecule has 0 spiro atoms. The first kappa shape index (κ1) is 21.7. The van der Waals surface area contributed by atoms with Crippen LogP contribution in [0.1, 0.15) is 5.56 Å². The molecule has 0 unspecified atom stereocenters. The molecular weight excluding hydrogens is 472 g/mol. The van der Waals surface area contributed by atoms with Crippen LogP contribution in [0.3, 0.4) is 0 Å². The van der Waals surface area contributed by atoms with E-state index in [4.69, 9.17) is 0 Å². The van der Waals surface area contributed by atoms with Gasteiger partial charge in [-0.05, 0) is 104 Å². The van der Waals surface area contributed by atoms with E-state index in [-0.39, 0.29) is 0 Å². The zero-order valence-electron chi connectivity index (χ0n) is 21.1. The van der Waals surface area contributed by atoms with E-state index in [9.17, 15) is 5.26 Å². The van der Waals surface area contributed by atoms with Crippen molar-refractivity contribution in [3.8, 4) is 61.7 Å². The highest BCUT2D eigenvalue weighted by molar-refractivity contribution is 6.15. The normalized spacial score (nSPS) is 11.6. The van der Waals surface area contributed by atoms with Crippen molar-refractivity contribution >= 4 is 17.1 Å². The third kappa shape index (κ3) is 3.14. The lowest BCUT2D eigenvalue weighted by molar-refractivity contribution is 1.28. The Morgan fingerprint density at radius 2 is 0.872 bits per heavy atom. The second-order valence-electron chi connectivity index (χ2n) is 10.1. The fraction of sp³-hybridized carbons (Fsp3) is 0. The molecule has 0 fully saturated rings. The van der Waals surface area contributed by atoms with Crippen LogP contribution in [0.5, 0.6) is 0 Å². The zero-order chi connectivity index (χ0) is 25.9. The smallest absolute Gasteiger partial charge is 0.0991 e. The zero-order valence-corrected chi connectivity index (χ0v) is 21.1. The molecule has 0 atom stereocenters. The van der Waals surface area contributed by atoms with Crippen LogP contribution < -0.4 is 4.90 Å². The van der Waals surface area contributed by atoms with Crippen LogP contribution in [-0.2, 0) is 0 Å². The van der Waals surface area contributed by atoms with E-state index >= 15 is 0 Å². The molecule has 6 aromatic carbocycles. The molecule has 0 radical (unpaired) electrons. The summed E-state index contributed by atoms with van der Waals surface area (Å²) in [6.45, 7) is 0. The summed E-state index contributed by atoms with van der Waals surface area (Å²) >= 11 is 0. The van der Waals surface area contributed by atoms with Crippen LogP contribution in [0.4, 0.5) is 17.1 Å². The SMILES string of the molecule is N#Cc1ccc(N(c2ccccc2)c2ccc3c(c2)-c2c4cccc2-c2cccc-3c2-c2ccccc2-4)cc1. The highest BCUT2D eigenvalue weighted by atomic mass is 15.1. The molecular formula is C37H22N2. The molecule has 2 aliphatic rings. The molecule has 6 aromatic rings. The van der Waals surface area contributed by atoms with Gasteiger partial charge in [0.05, 0.1) is 11.6 Å². The summed E-state index contributed by atoms with van der Waals surface area (Å²) in [5, 5.41) is 9.37. The van der Waals surface area contributed by atoms with Crippen LogP contribution in [0, 0.1) is 11.3 Å². The van der Waals surface area contributed by atoms with Crippen molar-refractivity contribution in [3.05, 3.63) is 139 Å². The van der Waals surface area contributed by atoms with Crippen molar-refractivity contribution in [2.45, 2.75) is 0 Å². The topological polar surface area (TPSA) is 27.0 Å². The van der Waals surface area contributed by atoms with Crippen LogP contribution in [0.15, 0.2) is 133 Å². The maximum absolute atomic E-state index is 9.37. The molecule has 180 valence electrons. The molecule has 39 heavy (non-hydrogen) atoms. The molecule has 0 saturated heterocycles. The minimum atomic E-state index is 0.653. The standard InChI is InChI=1S/C37H22N2/c38-23-24-16-18-26(19-17-24)39(25-8-2-1-3-9-25)27-20-21-29-32-13-7-14-33-34-15-6-12-31(37(34)35(29)22-27)28-10-4-5-11-30(28)36(32)33/h1-22H. The van der Waals surface area contributed by atoms with E-state index in [1.165, 1.54) is 55.6 Å². The van der Waals surface area contributed by atoms with Crippen molar-refractivity contribution < 1.29 is 0 Å². The number of anilines is 3. The van der Waals surface area contributed by atoms with E-state index < -0.39 is 0 Å². The highest BCUT2D eigenvalue weighted by Crippen LogP contribution is 2.57. The highest BCUT2D eigenvalue weighted by Gasteiger charge is 2.31. The third-order valence-corrected chi connectivity index (χ3v) is 8.00. The molecule has 2 heteroatoms. The first-order chi connectivity index (χ1) is 19.3. The van der Waals surface area contributed by atoms with E-state index in [0.717, 1.165) is 17.1 Å². The molecule has 0 aliphatic heterocycles. The Kier molecular flexibility index (Phi) is 4.62. The summed E-state index contributed by atoms with van der Waals surface area (Å²) in [5.41, 5.74) is 16.6. The van der Waals surface area contributed by atoms with Gasteiger partial charge in [-0.3, -0.25) is 0 Å². The van der Waals surface area contributed by atoms with E-state index in [2.05, 4.69) is 114 Å². The largest absolute Gasteiger partial charge is 0.310 e. The van der Waals surface area contributed by atoms with Crippen molar-refractivity contribution in [3.63, 3.8) is 0 Å². The third-order valence-electron chi connectivity index (χ3n) is 8.00. The number of benzene rings is 6. The Hall–Kier alpha value is -5.39. The van der Waals surface area contributed by atoms with E-state index in [1.807, 2.05) is 30.3 Å². The minimum absolute atomic E-state index is 0.653. The monoisotopic (exact) mass is 494 g/mol. The molecule has 0 saturated carbocycles. The average molecular weight is 495 g/mol. The average Bonchev–Trinajstić information content (AvgIpc) is 3.11. The maximum atomic E-state index is 9.37. The van der Waals surface area contributed by atoms with Gasteiger partial charge in [0.1, 0.15) is 0 Å². The summed E-state index contributed by atoms with van der Waals surface area (Å²) in [4.78, 5) is 2.27. The van der Waals surface area contributed by atoms with Gasteiger partial charge in [-0.2, -0.15) is 5.26 Å². The van der Waals surface area contributed by atoms with Crippen LogP contribution in [-0.4, -0.2) is 0 Å². The van der Waals surface area contributed by atoms with Gasteiger partial charge in [0.25, 0.3) is 0 Å². The van der Waals surface area contributed by atoms with Gasteiger partial charge in [-0.1, -0.05) is 84.9 Å². The summed E-state index contributed by atoms with van der Waals surface area (Å²) in [6, 6.07) is 49.6. The predicted molar refractivity (Wildman–Crippen MR) is 160 cm³/mol. The molecule has 2 nitrogen and oxygen atoms in total. The van der Waals surface area contributed by atoms with Gasteiger partial charge in [0.15, 0.2) is 0 Å². The predicted octanol–water partition coefficient (Wildman–Crippen LogP) is 9.99. The van der Waals surface area contributed by atoms with Crippen molar-refractivity contribution in [2.24, 2.45) is 0 Å². The number of para-hydroxylation sites is 1. The van der Waals surface area contributed by atoms with Gasteiger partial charge >= 0.3 is 0 Å². The van der Waals surface area contributed by atoms with Crippen LogP contribution >= 0.6 is 0 Å². The number of nitrogens with zero attached hydrogens (tertiary/aromatic N) is 2. The van der Waals surface area contributed by atoms with E-state index in [1.54, 1.807) is 0 Å². The van der Waals surface area contributed by atoms with Gasteiger partial charge in [0, 0.05) is 17.1 Å². The number of hydrogen-bond donors (Lipinski definition) is 0. The Morgan fingerprint density at radius 1 is 0.385 bits per heavy atom. The summed E-state index contributed by atoms with van der Waals surface area (Å²) in [5.74, 6) is 0. The first-order valence-corrected chi connectivity index (χ1v) is 13.2. The molecule has 0 heterocycles. The molecule has 0 N–H and O–H groups in total. The fourth-order valence-corrected chi connectivity index (χ4v) is 6.34. The Balaban J connectivity index is 1.43. The van der Waals surface area contributed by atoms with Crippen molar-refractivity contribution in [1.82, 2.24) is 0 Å². The Labute approximate surface area is 227 Å². The summed E-state index contributed by atoms with van der Waals surface area (Å²) in [7, 11) is 0. The van der Waals surface area contributed by atoms with Gasteiger partial charge in [-0.25, -0.2) is 0 Å². The molecule has 2 aliphatic carbocycles. The Morgan fingerprint density at radius 3 is 1.54 bits per heavy atom. The maximum Gasteiger partial charge on any atom is 0.0991 e. The van der Waals surface area contributed by atoms with Crippen molar-refractivity contribution in [2.75, 3.05) is 4.90 Å². The number of hydrogen-bond acceptors (Lipinski definition) is 2. The van der Waals surface area contributed by atoms with Crippen molar-refractivity contribution in [1.29, 1.82) is 5.26 Å². The lowest BCUT2D eigenvalue weighted by Crippen LogP contribution is -2.10. The number of nitriles is 1. The molecule has 6 bridgehead atoms. The second kappa shape index (κ2) is 8.31. The quantitative estimate of drug-likeness (QED) is 0.244. The molecule has 0 amide bonds. The van der Waals surface area contributed by atoms with Gasteiger partial charge in [-0.15, -0.1) is 0 Å². The van der Waals surface area contributed by atoms with Crippen LogP contribution in [0.2, 0.25) is 0 Å².